The minimum atomic E-state index is -0.524. The van der Waals surface area contributed by atoms with E-state index in [1.807, 2.05) is 6.92 Å². The van der Waals surface area contributed by atoms with Gasteiger partial charge in [-0.25, -0.2) is 5.48 Å². The van der Waals surface area contributed by atoms with Crippen LogP contribution in [0.3, 0.4) is 0 Å². The van der Waals surface area contributed by atoms with Crippen LogP contribution in [0.15, 0.2) is 0 Å². The van der Waals surface area contributed by atoms with Gasteiger partial charge in [-0.3, -0.25) is 10.0 Å². The number of nitrogens with one attached hydrogen (secondary N) is 1. The number of carbonyl (C=O) groups is 1. The molecule has 60 valence electrons. The van der Waals surface area contributed by atoms with Gasteiger partial charge in [-0.1, -0.05) is 6.92 Å². The highest BCUT2D eigenvalue weighted by Gasteiger charge is 2.26. The summed E-state index contributed by atoms with van der Waals surface area (Å²) in [5.74, 6) is 0.514. The lowest BCUT2D eigenvalue weighted by Gasteiger charge is -2.19. The van der Waals surface area contributed by atoms with Crippen LogP contribution in [-0.4, -0.2) is 21.6 Å². The van der Waals surface area contributed by atoms with E-state index in [-0.39, 0.29) is 5.91 Å². The molecule has 0 aliphatic rings. The summed E-state index contributed by atoms with van der Waals surface area (Å²) in [5.41, 5.74) is 1.63. The van der Waals surface area contributed by atoms with Gasteiger partial charge >= 0.3 is 0 Å². The topological polar surface area (TPSA) is 49.3 Å². The van der Waals surface area contributed by atoms with Gasteiger partial charge in [-0.15, -0.1) is 11.8 Å². The number of hydrogen-bond donors (Lipinski definition) is 2. The number of thioether (sulfide) groups is 1. The summed E-state index contributed by atoms with van der Waals surface area (Å²) in [6.45, 7) is 5.51. The van der Waals surface area contributed by atoms with E-state index in [2.05, 4.69) is 0 Å². The molecule has 3 nitrogen and oxygen atoms in total. The fraction of sp³-hybridized carbons (Fsp3) is 0.833. The predicted molar refractivity (Wildman–Crippen MR) is 42.1 cm³/mol. The van der Waals surface area contributed by atoms with Gasteiger partial charge in [0.2, 0.25) is 0 Å². The van der Waals surface area contributed by atoms with Crippen LogP contribution in [0.2, 0.25) is 0 Å². The van der Waals surface area contributed by atoms with Crippen LogP contribution in [0, 0.1) is 0 Å². The number of carbonyl (C=O) groups excluding carboxylic acids is 1. The Morgan fingerprint density at radius 1 is 1.70 bits per heavy atom. The molecule has 0 spiro atoms. The van der Waals surface area contributed by atoms with E-state index in [9.17, 15) is 4.79 Å². The summed E-state index contributed by atoms with van der Waals surface area (Å²) in [6, 6.07) is 0. The van der Waals surface area contributed by atoms with Gasteiger partial charge in [0.1, 0.15) is 0 Å². The molecular weight excluding hydrogens is 150 g/mol. The van der Waals surface area contributed by atoms with Gasteiger partial charge in [0.05, 0.1) is 4.75 Å². The van der Waals surface area contributed by atoms with Crippen LogP contribution in [0.4, 0.5) is 0 Å². The van der Waals surface area contributed by atoms with Crippen LogP contribution in [0.1, 0.15) is 20.8 Å². The Labute approximate surface area is 65.1 Å². The van der Waals surface area contributed by atoms with E-state index >= 15 is 0 Å². The highest BCUT2D eigenvalue weighted by Crippen LogP contribution is 2.23. The average molecular weight is 163 g/mol. The van der Waals surface area contributed by atoms with Crippen molar-refractivity contribution in [3.8, 4) is 0 Å². The third-order valence-electron chi connectivity index (χ3n) is 1.15. The predicted octanol–water partition coefficient (Wildman–Crippen LogP) is 1.02. The maximum atomic E-state index is 10.8. The Hall–Kier alpha value is -0.220. The Bertz CT molecular complexity index is 125. The van der Waals surface area contributed by atoms with E-state index in [1.54, 1.807) is 19.3 Å². The van der Waals surface area contributed by atoms with Crippen LogP contribution in [0.5, 0.6) is 0 Å². The summed E-state index contributed by atoms with van der Waals surface area (Å²) in [7, 11) is 0. The van der Waals surface area contributed by atoms with Crippen molar-refractivity contribution in [3.63, 3.8) is 0 Å². The Morgan fingerprint density at radius 3 is 2.50 bits per heavy atom. The molecule has 0 radical (unpaired) electrons. The average Bonchev–Trinajstić information content (AvgIpc) is 1.86. The Balaban J connectivity index is 3.96. The van der Waals surface area contributed by atoms with Crippen molar-refractivity contribution in [2.24, 2.45) is 0 Å². The quantitative estimate of drug-likeness (QED) is 0.482. The smallest absolute Gasteiger partial charge is 0.258 e. The first-order valence-corrected chi connectivity index (χ1v) is 4.11. The minimum absolute atomic E-state index is 0.348. The van der Waals surface area contributed by atoms with E-state index < -0.39 is 4.75 Å². The van der Waals surface area contributed by atoms with Crippen molar-refractivity contribution in [3.05, 3.63) is 0 Å². The molecule has 0 saturated heterocycles. The SMILES string of the molecule is CCSC(C)(C)C(=O)NO. The first-order chi connectivity index (χ1) is 4.54. The number of hydrogen-bond acceptors (Lipinski definition) is 3. The largest absolute Gasteiger partial charge is 0.289 e. The summed E-state index contributed by atoms with van der Waals surface area (Å²) in [5, 5.41) is 8.28. The van der Waals surface area contributed by atoms with E-state index in [1.165, 1.54) is 11.8 Å². The zero-order chi connectivity index (χ0) is 8.20. The van der Waals surface area contributed by atoms with Crippen LogP contribution in [-0.2, 0) is 4.79 Å². The summed E-state index contributed by atoms with van der Waals surface area (Å²) >= 11 is 1.49. The normalized spacial score (nSPS) is 11.2. The summed E-state index contributed by atoms with van der Waals surface area (Å²) < 4.78 is -0.524. The molecule has 0 atom stereocenters. The molecule has 0 aliphatic carbocycles. The molecule has 0 rings (SSSR count). The highest BCUT2D eigenvalue weighted by atomic mass is 32.2. The third-order valence-corrected chi connectivity index (χ3v) is 2.35. The molecule has 0 bridgehead atoms. The molecule has 0 aromatic carbocycles. The lowest BCUT2D eigenvalue weighted by molar-refractivity contribution is -0.130. The van der Waals surface area contributed by atoms with Gasteiger partial charge in [-0.2, -0.15) is 0 Å². The number of rotatable bonds is 3. The first-order valence-electron chi connectivity index (χ1n) is 3.13. The fourth-order valence-corrected chi connectivity index (χ4v) is 1.46. The maximum Gasteiger partial charge on any atom is 0.258 e. The molecule has 0 unspecified atom stereocenters. The summed E-state index contributed by atoms with van der Waals surface area (Å²) in [4.78, 5) is 10.8. The zero-order valence-corrected chi connectivity index (χ0v) is 7.29. The van der Waals surface area contributed by atoms with Crippen LogP contribution >= 0.6 is 11.8 Å². The fourth-order valence-electron chi connectivity index (χ4n) is 0.561. The van der Waals surface area contributed by atoms with Crippen molar-refractivity contribution < 1.29 is 10.0 Å². The standard InChI is InChI=1S/C6H13NO2S/c1-4-10-6(2,3)5(8)7-9/h9H,4H2,1-3H3,(H,7,8). The molecular formula is C6H13NO2S. The number of hydroxylamine groups is 1. The molecule has 0 aromatic heterocycles. The van der Waals surface area contributed by atoms with Crippen molar-refractivity contribution >= 4 is 17.7 Å². The second-order valence-corrected chi connectivity index (χ2v) is 4.27. The lowest BCUT2D eigenvalue weighted by Crippen LogP contribution is -2.37. The molecule has 1 amide bonds. The van der Waals surface area contributed by atoms with E-state index in [4.69, 9.17) is 5.21 Å². The van der Waals surface area contributed by atoms with Crippen molar-refractivity contribution in [1.82, 2.24) is 5.48 Å². The second kappa shape index (κ2) is 3.83. The summed E-state index contributed by atoms with van der Waals surface area (Å²) in [6.07, 6.45) is 0. The minimum Gasteiger partial charge on any atom is -0.289 e. The van der Waals surface area contributed by atoms with Gasteiger partial charge in [0.15, 0.2) is 0 Å². The van der Waals surface area contributed by atoms with E-state index in [0.717, 1.165) is 5.75 Å². The van der Waals surface area contributed by atoms with Crippen molar-refractivity contribution in [1.29, 1.82) is 0 Å². The molecule has 0 aromatic rings. The molecule has 0 fully saturated rings. The Kier molecular flexibility index (Phi) is 3.75. The monoisotopic (exact) mass is 163 g/mol. The van der Waals surface area contributed by atoms with Gasteiger partial charge in [0, 0.05) is 0 Å². The molecule has 0 saturated carbocycles. The molecule has 4 heteroatoms. The first kappa shape index (κ1) is 9.78. The van der Waals surface area contributed by atoms with Crippen molar-refractivity contribution in [2.45, 2.75) is 25.5 Å². The second-order valence-electron chi connectivity index (χ2n) is 2.38. The molecule has 10 heavy (non-hydrogen) atoms. The molecule has 0 heterocycles. The molecule has 2 N–H and O–H groups in total. The van der Waals surface area contributed by atoms with Gasteiger partial charge in [-0.05, 0) is 19.6 Å². The number of amides is 1. The van der Waals surface area contributed by atoms with Crippen molar-refractivity contribution in [2.75, 3.05) is 5.75 Å². The van der Waals surface area contributed by atoms with Crippen LogP contribution in [0.25, 0.3) is 0 Å². The highest BCUT2D eigenvalue weighted by molar-refractivity contribution is 8.01. The zero-order valence-electron chi connectivity index (χ0n) is 6.47. The molecule has 0 aliphatic heterocycles. The van der Waals surface area contributed by atoms with Gasteiger partial charge < -0.3 is 0 Å². The third kappa shape index (κ3) is 2.58. The lowest BCUT2D eigenvalue weighted by atomic mass is 10.2. The van der Waals surface area contributed by atoms with Gasteiger partial charge in [0.25, 0.3) is 5.91 Å². The maximum absolute atomic E-state index is 10.8. The van der Waals surface area contributed by atoms with Crippen LogP contribution < -0.4 is 5.48 Å². The van der Waals surface area contributed by atoms with E-state index in [0.29, 0.717) is 0 Å². The Morgan fingerprint density at radius 2 is 2.20 bits per heavy atom.